The van der Waals surface area contributed by atoms with Crippen molar-refractivity contribution >= 4 is 17.4 Å². The minimum atomic E-state index is -0.105. The molecule has 7 heteroatoms. The molecule has 1 N–H and O–H groups in total. The van der Waals surface area contributed by atoms with E-state index in [1.807, 2.05) is 32.0 Å². The van der Waals surface area contributed by atoms with Gasteiger partial charge in [0.05, 0.1) is 0 Å². The van der Waals surface area contributed by atoms with Crippen molar-refractivity contribution in [2.75, 3.05) is 25.2 Å². The van der Waals surface area contributed by atoms with E-state index in [0.717, 1.165) is 11.4 Å². The molecule has 0 spiro atoms. The number of nitrogens with one attached hydrogen (secondary N) is 1. The highest BCUT2D eigenvalue weighted by atomic mass is 16.7. The lowest BCUT2D eigenvalue weighted by molar-refractivity contribution is 0.0767. The first-order chi connectivity index (χ1) is 11.2. The van der Waals surface area contributed by atoms with Crippen LogP contribution in [-0.4, -0.2) is 40.7 Å². The number of hydrogen-bond acceptors (Lipinski definition) is 6. The van der Waals surface area contributed by atoms with E-state index >= 15 is 0 Å². The topological polar surface area (TPSA) is 76.6 Å². The Morgan fingerprint density at radius 2 is 1.96 bits per heavy atom. The standard InChI is InChI=1S/C16H18N4O3/c1-3-20(4-2)16(21)12-8-15(18-9-17-12)19-11-5-6-13-14(7-11)23-10-22-13/h5-9H,3-4,10H2,1-2H3,(H,17,18,19). The third-order valence-electron chi connectivity index (χ3n) is 3.58. The summed E-state index contributed by atoms with van der Waals surface area (Å²) in [5, 5.41) is 3.15. The summed E-state index contributed by atoms with van der Waals surface area (Å²) < 4.78 is 10.6. The maximum Gasteiger partial charge on any atom is 0.272 e. The molecule has 0 unspecified atom stereocenters. The molecular formula is C16H18N4O3. The molecule has 0 radical (unpaired) electrons. The van der Waals surface area contributed by atoms with Crippen LogP contribution < -0.4 is 14.8 Å². The van der Waals surface area contributed by atoms with Gasteiger partial charge in [0, 0.05) is 30.9 Å². The van der Waals surface area contributed by atoms with Gasteiger partial charge in [-0.25, -0.2) is 9.97 Å². The van der Waals surface area contributed by atoms with Crippen LogP contribution in [0.1, 0.15) is 24.3 Å². The van der Waals surface area contributed by atoms with Crippen LogP contribution in [0.25, 0.3) is 0 Å². The molecule has 0 fully saturated rings. The lowest BCUT2D eigenvalue weighted by atomic mass is 10.2. The first-order valence-corrected chi connectivity index (χ1v) is 7.49. The molecule has 3 rings (SSSR count). The average Bonchev–Trinajstić information content (AvgIpc) is 3.04. The second-order valence-electron chi connectivity index (χ2n) is 4.96. The van der Waals surface area contributed by atoms with Gasteiger partial charge in [0.25, 0.3) is 5.91 Å². The third kappa shape index (κ3) is 3.18. The number of aromatic nitrogens is 2. The minimum Gasteiger partial charge on any atom is -0.454 e. The lowest BCUT2D eigenvalue weighted by Gasteiger charge is -2.18. The maximum absolute atomic E-state index is 12.3. The molecule has 1 aromatic carbocycles. The van der Waals surface area contributed by atoms with Gasteiger partial charge in [-0.3, -0.25) is 4.79 Å². The quantitative estimate of drug-likeness (QED) is 0.913. The van der Waals surface area contributed by atoms with E-state index < -0.39 is 0 Å². The van der Waals surface area contributed by atoms with Crippen molar-refractivity contribution in [1.82, 2.24) is 14.9 Å². The number of ether oxygens (including phenoxy) is 2. The first-order valence-electron chi connectivity index (χ1n) is 7.49. The normalized spacial score (nSPS) is 12.1. The predicted molar refractivity (Wildman–Crippen MR) is 85.1 cm³/mol. The number of amides is 1. The molecule has 1 aromatic heterocycles. The fourth-order valence-corrected chi connectivity index (χ4v) is 2.34. The molecular weight excluding hydrogens is 296 g/mol. The van der Waals surface area contributed by atoms with Gasteiger partial charge in [0.15, 0.2) is 11.5 Å². The number of benzene rings is 1. The number of hydrogen-bond donors (Lipinski definition) is 1. The maximum atomic E-state index is 12.3. The van der Waals surface area contributed by atoms with Crippen molar-refractivity contribution in [1.29, 1.82) is 0 Å². The molecule has 2 heterocycles. The SMILES string of the molecule is CCN(CC)C(=O)c1cc(Nc2ccc3c(c2)OCO3)ncn1. The van der Waals surface area contributed by atoms with E-state index in [2.05, 4.69) is 15.3 Å². The number of rotatable bonds is 5. The number of carbonyl (C=O) groups is 1. The monoisotopic (exact) mass is 314 g/mol. The molecule has 0 aliphatic carbocycles. The Balaban J connectivity index is 1.79. The predicted octanol–water partition coefficient (Wildman–Crippen LogP) is 2.43. The van der Waals surface area contributed by atoms with Crippen LogP contribution in [0.2, 0.25) is 0 Å². The highest BCUT2D eigenvalue weighted by molar-refractivity contribution is 5.93. The number of anilines is 2. The molecule has 1 aliphatic heterocycles. The third-order valence-corrected chi connectivity index (χ3v) is 3.58. The van der Waals surface area contributed by atoms with Crippen molar-refractivity contribution in [2.45, 2.75) is 13.8 Å². The van der Waals surface area contributed by atoms with E-state index in [1.165, 1.54) is 6.33 Å². The Hall–Kier alpha value is -2.83. The van der Waals surface area contributed by atoms with Crippen molar-refractivity contribution in [3.63, 3.8) is 0 Å². The van der Waals surface area contributed by atoms with Crippen LogP contribution in [0.5, 0.6) is 11.5 Å². The second-order valence-corrected chi connectivity index (χ2v) is 4.96. The molecule has 0 saturated carbocycles. The van der Waals surface area contributed by atoms with Gasteiger partial charge in [-0.2, -0.15) is 0 Å². The van der Waals surface area contributed by atoms with E-state index in [-0.39, 0.29) is 12.7 Å². The van der Waals surface area contributed by atoms with Crippen LogP contribution in [0.15, 0.2) is 30.6 Å². The van der Waals surface area contributed by atoms with Gasteiger partial charge in [0.2, 0.25) is 6.79 Å². The van der Waals surface area contributed by atoms with Gasteiger partial charge < -0.3 is 19.7 Å². The summed E-state index contributed by atoms with van der Waals surface area (Å²) in [6.07, 6.45) is 1.38. The number of nitrogens with zero attached hydrogens (tertiary/aromatic N) is 3. The molecule has 7 nitrogen and oxygen atoms in total. The average molecular weight is 314 g/mol. The van der Waals surface area contributed by atoms with Gasteiger partial charge in [-0.15, -0.1) is 0 Å². The second kappa shape index (κ2) is 6.51. The minimum absolute atomic E-state index is 0.105. The van der Waals surface area contributed by atoms with E-state index in [4.69, 9.17) is 9.47 Å². The van der Waals surface area contributed by atoms with Crippen LogP contribution in [0.4, 0.5) is 11.5 Å². The molecule has 1 amide bonds. The summed E-state index contributed by atoms with van der Waals surface area (Å²) in [5.74, 6) is 1.85. The van der Waals surface area contributed by atoms with Crippen molar-refractivity contribution in [2.24, 2.45) is 0 Å². The number of carbonyl (C=O) groups excluding carboxylic acids is 1. The lowest BCUT2D eigenvalue weighted by Crippen LogP contribution is -2.31. The zero-order chi connectivity index (χ0) is 16.2. The summed E-state index contributed by atoms with van der Waals surface area (Å²) in [4.78, 5) is 22.3. The van der Waals surface area contributed by atoms with Crippen LogP contribution >= 0.6 is 0 Å². The Bertz CT molecular complexity index is 716. The van der Waals surface area contributed by atoms with E-state index in [0.29, 0.717) is 30.4 Å². The number of fused-ring (bicyclic) bond motifs is 1. The van der Waals surface area contributed by atoms with Crippen LogP contribution in [-0.2, 0) is 0 Å². The zero-order valence-electron chi connectivity index (χ0n) is 13.1. The van der Waals surface area contributed by atoms with E-state index in [1.54, 1.807) is 11.0 Å². The van der Waals surface area contributed by atoms with E-state index in [9.17, 15) is 4.79 Å². The summed E-state index contributed by atoms with van der Waals surface area (Å²) >= 11 is 0. The molecule has 120 valence electrons. The largest absolute Gasteiger partial charge is 0.454 e. The van der Waals surface area contributed by atoms with Crippen LogP contribution in [0.3, 0.4) is 0 Å². The van der Waals surface area contributed by atoms with Crippen LogP contribution in [0, 0.1) is 0 Å². The van der Waals surface area contributed by atoms with Gasteiger partial charge in [-0.05, 0) is 26.0 Å². The Morgan fingerprint density at radius 3 is 2.74 bits per heavy atom. The summed E-state index contributed by atoms with van der Waals surface area (Å²) in [6, 6.07) is 7.16. The highest BCUT2D eigenvalue weighted by Crippen LogP contribution is 2.34. The summed E-state index contributed by atoms with van der Waals surface area (Å²) in [6.45, 7) is 5.39. The Labute approximate surface area is 134 Å². The fourth-order valence-electron chi connectivity index (χ4n) is 2.34. The van der Waals surface area contributed by atoms with Crippen molar-refractivity contribution in [3.05, 3.63) is 36.3 Å². The highest BCUT2D eigenvalue weighted by Gasteiger charge is 2.16. The molecule has 23 heavy (non-hydrogen) atoms. The van der Waals surface area contributed by atoms with Crippen molar-refractivity contribution < 1.29 is 14.3 Å². The molecule has 0 saturated heterocycles. The first kappa shape index (κ1) is 15.1. The smallest absolute Gasteiger partial charge is 0.272 e. The van der Waals surface area contributed by atoms with Gasteiger partial charge in [-0.1, -0.05) is 0 Å². The molecule has 0 bridgehead atoms. The zero-order valence-corrected chi connectivity index (χ0v) is 13.1. The molecule has 0 atom stereocenters. The fraction of sp³-hybridized carbons (Fsp3) is 0.312. The van der Waals surface area contributed by atoms with Gasteiger partial charge in [0.1, 0.15) is 17.8 Å². The summed E-state index contributed by atoms with van der Waals surface area (Å²) in [5.41, 5.74) is 1.17. The van der Waals surface area contributed by atoms with Gasteiger partial charge >= 0.3 is 0 Å². The molecule has 2 aromatic rings. The Kier molecular flexibility index (Phi) is 4.27. The molecule has 1 aliphatic rings. The summed E-state index contributed by atoms with van der Waals surface area (Å²) in [7, 11) is 0. The van der Waals surface area contributed by atoms with Crippen molar-refractivity contribution in [3.8, 4) is 11.5 Å². The Morgan fingerprint density at radius 1 is 1.17 bits per heavy atom.